The highest BCUT2D eigenvalue weighted by atomic mass is 16.2. The molecule has 1 rings (SSSR count). The first kappa shape index (κ1) is 14.0. The van der Waals surface area contributed by atoms with Crippen LogP contribution in [0.3, 0.4) is 0 Å². The molecular weight excluding hydrogens is 234 g/mol. The van der Waals surface area contributed by atoms with Gasteiger partial charge in [-0.2, -0.15) is 0 Å². The van der Waals surface area contributed by atoms with Crippen LogP contribution in [0, 0.1) is 5.41 Å². The third kappa shape index (κ3) is 3.19. The number of nitrogens with one attached hydrogen (secondary N) is 1. The molecule has 1 aromatic heterocycles. The third-order valence-corrected chi connectivity index (χ3v) is 2.72. The van der Waals surface area contributed by atoms with Crippen LogP contribution in [0.2, 0.25) is 0 Å². The van der Waals surface area contributed by atoms with E-state index in [1.54, 1.807) is 20.9 Å². The maximum Gasteiger partial charge on any atom is 0.251 e. The standard InChI is InChI=1S/C12H17N3O3/c1-12(2,11(13)18)7-14-10(17)8-4-5-15(3)9(16)6-8/h4-6H,7H2,1-3H3,(H2,13,18)(H,14,17). The fourth-order valence-corrected chi connectivity index (χ4v) is 1.18. The van der Waals surface area contributed by atoms with Crippen molar-refractivity contribution in [2.75, 3.05) is 6.54 Å². The topological polar surface area (TPSA) is 94.2 Å². The van der Waals surface area contributed by atoms with Crippen LogP contribution in [0.4, 0.5) is 0 Å². The largest absolute Gasteiger partial charge is 0.369 e. The van der Waals surface area contributed by atoms with Crippen molar-refractivity contribution < 1.29 is 9.59 Å². The molecule has 0 spiro atoms. The summed E-state index contributed by atoms with van der Waals surface area (Å²) in [7, 11) is 1.60. The Balaban J connectivity index is 2.75. The van der Waals surface area contributed by atoms with Crippen LogP contribution in [0.25, 0.3) is 0 Å². The maximum atomic E-state index is 11.8. The van der Waals surface area contributed by atoms with Gasteiger partial charge in [-0.1, -0.05) is 0 Å². The summed E-state index contributed by atoms with van der Waals surface area (Å²) in [6.07, 6.45) is 1.51. The van der Waals surface area contributed by atoms with Gasteiger partial charge in [0, 0.05) is 31.4 Å². The molecule has 3 N–H and O–H groups in total. The van der Waals surface area contributed by atoms with Crippen LogP contribution in [0.5, 0.6) is 0 Å². The van der Waals surface area contributed by atoms with Gasteiger partial charge in [-0.05, 0) is 19.9 Å². The monoisotopic (exact) mass is 251 g/mol. The summed E-state index contributed by atoms with van der Waals surface area (Å²) in [5, 5.41) is 2.58. The van der Waals surface area contributed by atoms with Gasteiger partial charge in [-0.25, -0.2) is 0 Å². The van der Waals surface area contributed by atoms with Gasteiger partial charge in [0.15, 0.2) is 0 Å². The fraction of sp³-hybridized carbons (Fsp3) is 0.417. The number of rotatable bonds is 4. The lowest BCUT2D eigenvalue weighted by molar-refractivity contribution is -0.125. The second-order valence-electron chi connectivity index (χ2n) is 4.80. The molecule has 1 heterocycles. The summed E-state index contributed by atoms with van der Waals surface area (Å²) >= 11 is 0. The SMILES string of the molecule is Cn1ccc(C(=O)NCC(C)(C)C(N)=O)cc1=O. The number of aromatic nitrogens is 1. The van der Waals surface area contributed by atoms with Crippen LogP contribution < -0.4 is 16.6 Å². The zero-order valence-corrected chi connectivity index (χ0v) is 10.7. The zero-order valence-electron chi connectivity index (χ0n) is 10.7. The molecule has 0 aliphatic rings. The van der Waals surface area contributed by atoms with E-state index in [0.717, 1.165) is 0 Å². The van der Waals surface area contributed by atoms with Crippen LogP contribution in [0.15, 0.2) is 23.1 Å². The molecule has 6 nitrogen and oxygen atoms in total. The molecule has 98 valence electrons. The smallest absolute Gasteiger partial charge is 0.251 e. The lowest BCUT2D eigenvalue weighted by Crippen LogP contribution is -2.42. The molecule has 0 fully saturated rings. The Kier molecular flexibility index (Phi) is 3.90. The molecule has 0 radical (unpaired) electrons. The molecule has 18 heavy (non-hydrogen) atoms. The quantitative estimate of drug-likeness (QED) is 0.764. The number of amides is 2. The van der Waals surface area contributed by atoms with Gasteiger partial charge in [-0.15, -0.1) is 0 Å². The van der Waals surface area contributed by atoms with E-state index in [2.05, 4.69) is 5.32 Å². The van der Waals surface area contributed by atoms with E-state index in [9.17, 15) is 14.4 Å². The number of hydrogen-bond acceptors (Lipinski definition) is 3. The highest BCUT2D eigenvalue weighted by Crippen LogP contribution is 2.12. The van der Waals surface area contributed by atoms with Gasteiger partial charge >= 0.3 is 0 Å². The molecule has 1 aromatic rings. The highest BCUT2D eigenvalue weighted by molar-refractivity contribution is 5.94. The average molecular weight is 251 g/mol. The third-order valence-electron chi connectivity index (χ3n) is 2.72. The van der Waals surface area contributed by atoms with E-state index in [0.29, 0.717) is 0 Å². The van der Waals surface area contributed by atoms with E-state index in [1.165, 1.54) is 22.9 Å². The number of carbonyl (C=O) groups is 2. The molecule has 0 aromatic carbocycles. The Morgan fingerprint density at radius 3 is 2.56 bits per heavy atom. The van der Waals surface area contributed by atoms with Gasteiger partial charge in [0.05, 0.1) is 5.41 Å². The Hall–Kier alpha value is -2.11. The van der Waals surface area contributed by atoms with Crippen molar-refractivity contribution in [1.29, 1.82) is 0 Å². The van der Waals surface area contributed by atoms with Crippen molar-refractivity contribution in [1.82, 2.24) is 9.88 Å². The minimum absolute atomic E-state index is 0.121. The Labute approximate surface area is 105 Å². The zero-order chi connectivity index (χ0) is 13.9. The second kappa shape index (κ2) is 5.03. The van der Waals surface area contributed by atoms with Crippen LogP contribution in [-0.4, -0.2) is 22.9 Å². The minimum Gasteiger partial charge on any atom is -0.369 e. The van der Waals surface area contributed by atoms with Gasteiger partial charge < -0.3 is 15.6 Å². The first-order chi connectivity index (χ1) is 8.24. The van der Waals surface area contributed by atoms with Crippen LogP contribution >= 0.6 is 0 Å². The molecular formula is C12H17N3O3. The number of nitrogens with zero attached hydrogens (tertiary/aromatic N) is 1. The van der Waals surface area contributed by atoms with Gasteiger partial charge in [0.1, 0.15) is 0 Å². The summed E-state index contributed by atoms with van der Waals surface area (Å²) < 4.78 is 1.37. The average Bonchev–Trinajstić information content (AvgIpc) is 2.29. The van der Waals surface area contributed by atoms with Gasteiger partial charge in [0.2, 0.25) is 5.91 Å². The van der Waals surface area contributed by atoms with Crippen molar-refractivity contribution in [3.8, 4) is 0 Å². The van der Waals surface area contributed by atoms with Gasteiger partial charge in [0.25, 0.3) is 11.5 Å². The molecule has 0 aliphatic carbocycles. The molecule has 0 unspecified atom stereocenters. The van der Waals surface area contributed by atoms with Crippen LogP contribution in [0.1, 0.15) is 24.2 Å². The summed E-state index contributed by atoms with van der Waals surface area (Å²) in [5.41, 5.74) is 4.37. The van der Waals surface area contributed by atoms with E-state index in [-0.39, 0.29) is 17.7 Å². The van der Waals surface area contributed by atoms with E-state index in [1.807, 2.05) is 0 Å². The normalized spacial score (nSPS) is 11.1. The number of aryl methyl sites for hydroxylation is 1. The predicted molar refractivity (Wildman–Crippen MR) is 67.0 cm³/mol. The first-order valence-electron chi connectivity index (χ1n) is 5.49. The first-order valence-corrected chi connectivity index (χ1v) is 5.49. The molecule has 2 amide bonds. The molecule has 0 saturated heterocycles. The van der Waals surface area contributed by atoms with Crippen LogP contribution in [-0.2, 0) is 11.8 Å². The Morgan fingerprint density at radius 2 is 2.06 bits per heavy atom. The van der Waals surface area contributed by atoms with Crippen molar-refractivity contribution >= 4 is 11.8 Å². The Morgan fingerprint density at radius 1 is 1.44 bits per heavy atom. The number of primary amides is 1. The number of nitrogens with two attached hydrogens (primary N) is 1. The van der Waals surface area contributed by atoms with E-state index < -0.39 is 17.2 Å². The predicted octanol–water partition coefficient (Wildman–Crippen LogP) is -0.373. The fourth-order valence-electron chi connectivity index (χ4n) is 1.18. The van der Waals surface area contributed by atoms with Crippen molar-refractivity contribution in [3.05, 3.63) is 34.2 Å². The van der Waals surface area contributed by atoms with E-state index in [4.69, 9.17) is 5.73 Å². The summed E-state index contributed by atoms with van der Waals surface area (Å²) in [5.74, 6) is -0.895. The molecule has 0 atom stereocenters. The minimum atomic E-state index is -0.824. The van der Waals surface area contributed by atoms with Crippen molar-refractivity contribution in [3.63, 3.8) is 0 Å². The summed E-state index contributed by atoms with van der Waals surface area (Å²) in [4.78, 5) is 34.2. The molecule has 0 bridgehead atoms. The number of hydrogen-bond donors (Lipinski definition) is 2. The van der Waals surface area contributed by atoms with Crippen molar-refractivity contribution in [2.24, 2.45) is 18.2 Å². The lowest BCUT2D eigenvalue weighted by Gasteiger charge is -2.20. The highest BCUT2D eigenvalue weighted by Gasteiger charge is 2.25. The molecule has 0 saturated carbocycles. The number of carbonyl (C=O) groups excluding carboxylic acids is 2. The number of pyridine rings is 1. The van der Waals surface area contributed by atoms with Gasteiger partial charge in [-0.3, -0.25) is 14.4 Å². The lowest BCUT2D eigenvalue weighted by atomic mass is 9.93. The van der Waals surface area contributed by atoms with E-state index >= 15 is 0 Å². The summed E-state index contributed by atoms with van der Waals surface area (Å²) in [6.45, 7) is 3.40. The Bertz CT molecular complexity index is 532. The molecule has 6 heteroatoms. The molecule has 0 aliphatic heterocycles. The maximum absolute atomic E-state index is 11.8. The second-order valence-corrected chi connectivity index (χ2v) is 4.80. The summed E-state index contributed by atoms with van der Waals surface area (Å²) in [6, 6.07) is 2.78. The van der Waals surface area contributed by atoms with Crippen molar-refractivity contribution in [2.45, 2.75) is 13.8 Å².